The highest BCUT2D eigenvalue weighted by atomic mass is 16.5. The SMILES string of the molecule is CCNC(=O)COc1ccc(C=C(C(=O)Nc2ccccc2)C(=O)Nc2ccccc2)cc1. The third kappa shape index (κ3) is 7.36. The van der Waals surface area contributed by atoms with E-state index >= 15 is 0 Å². The Balaban J connectivity index is 1.79. The Labute approximate surface area is 192 Å². The largest absolute Gasteiger partial charge is 0.484 e. The minimum absolute atomic E-state index is 0.0568. The van der Waals surface area contributed by atoms with Gasteiger partial charge in [0.25, 0.3) is 17.7 Å². The molecule has 0 aliphatic rings. The number of rotatable bonds is 9. The summed E-state index contributed by atoms with van der Waals surface area (Å²) in [7, 11) is 0. The zero-order chi connectivity index (χ0) is 23.5. The summed E-state index contributed by atoms with van der Waals surface area (Å²) in [5, 5.41) is 8.15. The molecule has 168 valence electrons. The van der Waals surface area contributed by atoms with Crippen molar-refractivity contribution in [2.45, 2.75) is 6.92 Å². The fourth-order valence-electron chi connectivity index (χ4n) is 2.90. The van der Waals surface area contributed by atoms with Gasteiger partial charge in [-0.15, -0.1) is 0 Å². The van der Waals surface area contributed by atoms with E-state index in [-0.39, 0.29) is 18.1 Å². The molecule has 0 aliphatic heterocycles. The standard InChI is InChI=1S/C26H25N3O4/c1-2-27-24(30)18-33-22-15-13-19(14-16-22)17-23(25(31)28-20-9-5-3-6-10-20)26(32)29-21-11-7-4-8-12-21/h3-17H,2,18H2,1H3,(H,27,30)(H,28,31)(H,29,32). The summed E-state index contributed by atoms with van der Waals surface area (Å²) in [6, 6.07) is 24.6. The van der Waals surface area contributed by atoms with Crippen LogP contribution in [0.1, 0.15) is 12.5 Å². The Hall–Kier alpha value is -4.39. The normalized spacial score (nSPS) is 9.97. The lowest BCUT2D eigenvalue weighted by molar-refractivity contribution is -0.123. The highest BCUT2D eigenvalue weighted by Crippen LogP contribution is 2.17. The van der Waals surface area contributed by atoms with Crippen LogP contribution >= 0.6 is 0 Å². The molecular weight excluding hydrogens is 418 g/mol. The number of carbonyl (C=O) groups is 3. The van der Waals surface area contributed by atoms with Crippen molar-refractivity contribution in [3.8, 4) is 5.75 Å². The van der Waals surface area contributed by atoms with E-state index in [2.05, 4.69) is 16.0 Å². The minimum Gasteiger partial charge on any atom is -0.484 e. The van der Waals surface area contributed by atoms with Gasteiger partial charge in [0.2, 0.25) is 0 Å². The van der Waals surface area contributed by atoms with Crippen molar-refractivity contribution in [3.05, 3.63) is 96.1 Å². The second-order valence-corrected chi connectivity index (χ2v) is 7.01. The summed E-state index contributed by atoms with van der Waals surface area (Å²) in [6.07, 6.45) is 1.50. The molecule has 3 amide bonds. The average molecular weight is 444 g/mol. The van der Waals surface area contributed by atoms with Crippen molar-refractivity contribution >= 4 is 35.2 Å². The number of likely N-dealkylation sites (N-methyl/N-ethyl adjacent to an activating group) is 1. The van der Waals surface area contributed by atoms with E-state index in [0.29, 0.717) is 29.2 Å². The van der Waals surface area contributed by atoms with Crippen molar-refractivity contribution in [2.24, 2.45) is 0 Å². The number of ether oxygens (including phenoxy) is 1. The number of hydrogen-bond donors (Lipinski definition) is 3. The molecule has 3 aromatic carbocycles. The van der Waals surface area contributed by atoms with E-state index in [0.717, 1.165) is 0 Å². The van der Waals surface area contributed by atoms with Gasteiger partial charge in [-0.2, -0.15) is 0 Å². The van der Waals surface area contributed by atoms with Crippen LogP contribution in [0.15, 0.2) is 90.5 Å². The monoisotopic (exact) mass is 443 g/mol. The molecule has 0 radical (unpaired) electrons. The van der Waals surface area contributed by atoms with Gasteiger partial charge >= 0.3 is 0 Å². The maximum atomic E-state index is 12.9. The van der Waals surface area contributed by atoms with Crippen LogP contribution in [0.3, 0.4) is 0 Å². The van der Waals surface area contributed by atoms with Crippen LogP contribution < -0.4 is 20.7 Å². The second-order valence-electron chi connectivity index (χ2n) is 7.01. The number of anilines is 2. The van der Waals surface area contributed by atoms with Gasteiger partial charge in [-0.3, -0.25) is 14.4 Å². The van der Waals surface area contributed by atoms with E-state index in [4.69, 9.17) is 4.74 Å². The third-order valence-electron chi connectivity index (χ3n) is 4.49. The Morgan fingerprint density at radius 1 is 0.758 bits per heavy atom. The summed E-state index contributed by atoms with van der Waals surface area (Å²) in [5.74, 6) is -0.779. The molecular formula is C26H25N3O4. The number of hydrogen-bond acceptors (Lipinski definition) is 4. The van der Waals surface area contributed by atoms with Crippen LogP contribution in [-0.4, -0.2) is 30.9 Å². The Morgan fingerprint density at radius 3 is 1.76 bits per heavy atom. The molecule has 0 saturated carbocycles. The Morgan fingerprint density at radius 2 is 1.27 bits per heavy atom. The predicted octanol–water partition coefficient (Wildman–Crippen LogP) is 3.86. The van der Waals surface area contributed by atoms with Crippen LogP contribution in [0.2, 0.25) is 0 Å². The minimum atomic E-state index is -0.536. The van der Waals surface area contributed by atoms with Crippen molar-refractivity contribution in [2.75, 3.05) is 23.8 Å². The van der Waals surface area contributed by atoms with Gasteiger partial charge in [0.15, 0.2) is 6.61 Å². The molecule has 3 aromatic rings. The number of benzene rings is 3. The second kappa shape index (κ2) is 11.9. The number of carbonyl (C=O) groups excluding carboxylic acids is 3. The van der Waals surface area contributed by atoms with Gasteiger partial charge in [-0.25, -0.2) is 0 Å². The van der Waals surface area contributed by atoms with Gasteiger partial charge < -0.3 is 20.7 Å². The van der Waals surface area contributed by atoms with Crippen LogP contribution in [0.25, 0.3) is 6.08 Å². The van der Waals surface area contributed by atoms with Crippen molar-refractivity contribution in [1.29, 1.82) is 0 Å². The Kier molecular flexibility index (Phi) is 8.36. The van der Waals surface area contributed by atoms with Crippen molar-refractivity contribution < 1.29 is 19.1 Å². The zero-order valence-electron chi connectivity index (χ0n) is 18.2. The van der Waals surface area contributed by atoms with E-state index in [1.54, 1.807) is 72.8 Å². The molecule has 7 nitrogen and oxygen atoms in total. The fraction of sp³-hybridized carbons (Fsp3) is 0.115. The highest BCUT2D eigenvalue weighted by molar-refractivity contribution is 6.28. The fourth-order valence-corrected chi connectivity index (χ4v) is 2.90. The first-order valence-corrected chi connectivity index (χ1v) is 10.5. The average Bonchev–Trinajstić information content (AvgIpc) is 2.83. The molecule has 0 atom stereocenters. The third-order valence-corrected chi connectivity index (χ3v) is 4.49. The molecule has 7 heteroatoms. The van der Waals surface area contributed by atoms with E-state index in [1.807, 2.05) is 19.1 Å². The Bertz CT molecular complexity index is 1060. The molecule has 0 spiro atoms. The van der Waals surface area contributed by atoms with E-state index in [1.165, 1.54) is 6.08 Å². The van der Waals surface area contributed by atoms with Crippen molar-refractivity contribution in [3.63, 3.8) is 0 Å². The summed E-state index contributed by atoms with van der Waals surface area (Å²) >= 11 is 0. The van der Waals surface area contributed by atoms with Gasteiger partial charge in [-0.1, -0.05) is 48.5 Å². The lowest BCUT2D eigenvalue weighted by atomic mass is 10.1. The molecule has 0 aliphatic carbocycles. The van der Waals surface area contributed by atoms with Crippen molar-refractivity contribution in [1.82, 2.24) is 5.32 Å². The topological polar surface area (TPSA) is 96.5 Å². The predicted molar refractivity (Wildman–Crippen MR) is 129 cm³/mol. The van der Waals surface area contributed by atoms with Crippen LogP contribution in [0.4, 0.5) is 11.4 Å². The number of nitrogens with one attached hydrogen (secondary N) is 3. The molecule has 0 aromatic heterocycles. The summed E-state index contributed by atoms with van der Waals surface area (Å²) in [5.41, 5.74) is 1.73. The first kappa shape index (κ1) is 23.3. The summed E-state index contributed by atoms with van der Waals surface area (Å²) in [4.78, 5) is 37.4. The molecule has 33 heavy (non-hydrogen) atoms. The van der Waals surface area contributed by atoms with Gasteiger partial charge in [0, 0.05) is 17.9 Å². The number of amides is 3. The van der Waals surface area contributed by atoms with E-state index < -0.39 is 11.8 Å². The van der Waals surface area contributed by atoms with Crippen LogP contribution in [-0.2, 0) is 14.4 Å². The lowest BCUT2D eigenvalue weighted by Crippen LogP contribution is -2.28. The maximum absolute atomic E-state index is 12.9. The highest BCUT2D eigenvalue weighted by Gasteiger charge is 2.19. The first-order chi connectivity index (χ1) is 16.0. The summed E-state index contributed by atoms with van der Waals surface area (Å²) < 4.78 is 5.44. The maximum Gasteiger partial charge on any atom is 0.261 e. The lowest BCUT2D eigenvalue weighted by Gasteiger charge is -2.11. The molecule has 3 N–H and O–H groups in total. The molecule has 0 fully saturated rings. The van der Waals surface area contributed by atoms with Gasteiger partial charge in [0.05, 0.1) is 0 Å². The molecule has 0 heterocycles. The molecule has 0 unspecified atom stereocenters. The molecule has 0 saturated heterocycles. The molecule has 3 rings (SSSR count). The first-order valence-electron chi connectivity index (χ1n) is 10.5. The summed E-state index contributed by atoms with van der Waals surface area (Å²) in [6.45, 7) is 2.27. The van der Waals surface area contributed by atoms with Gasteiger partial charge in [0.1, 0.15) is 11.3 Å². The smallest absolute Gasteiger partial charge is 0.261 e. The van der Waals surface area contributed by atoms with Gasteiger partial charge in [-0.05, 0) is 55.0 Å². The van der Waals surface area contributed by atoms with Crippen LogP contribution in [0, 0.1) is 0 Å². The zero-order valence-corrected chi connectivity index (χ0v) is 18.2. The van der Waals surface area contributed by atoms with E-state index in [9.17, 15) is 14.4 Å². The van der Waals surface area contributed by atoms with Crippen LogP contribution in [0.5, 0.6) is 5.75 Å². The molecule has 0 bridgehead atoms. The number of para-hydroxylation sites is 2. The quantitative estimate of drug-likeness (QED) is 0.266.